The standard InChI is InChI=1S/C30H48N8O2.2ClH/c1-17(35(5)6)31-21-13-14-22(32-18(2)36(7)8)26-25(21)29(39)27-23(33-19(3)37(9)10)15-16-24(28(27)30(26)40)34-20(4)38(11)12;;/h13-20,31-34H,1-12H3;2*1H. The van der Waals surface area contributed by atoms with Gasteiger partial charge in [-0.1, -0.05) is 0 Å². The van der Waals surface area contributed by atoms with Crippen LogP contribution in [0.15, 0.2) is 24.3 Å². The quantitative estimate of drug-likeness (QED) is 0.214. The Hall–Kier alpha value is -2.60. The Bertz CT molecular complexity index is 1070. The lowest BCUT2D eigenvalue weighted by Crippen LogP contribution is -2.37. The summed E-state index contributed by atoms with van der Waals surface area (Å²) in [5.41, 5.74) is 4.09. The first-order chi connectivity index (χ1) is 18.6. The van der Waals surface area contributed by atoms with Crippen molar-refractivity contribution in [2.75, 3.05) is 77.6 Å². The molecule has 3 rings (SSSR count). The van der Waals surface area contributed by atoms with Crippen LogP contribution in [0.4, 0.5) is 22.7 Å². The maximum absolute atomic E-state index is 14.6. The van der Waals surface area contributed by atoms with Crippen molar-refractivity contribution >= 4 is 59.1 Å². The van der Waals surface area contributed by atoms with E-state index in [2.05, 4.69) is 21.3 Å². The van der Waals surface area contributed by atoms with E-state index in [1.807, 2.05) is 128 Å². The Morgan fingerprint density at radius 1 is 0.429 bits per heavy atom. The molecule has 4 unspecified atom stereocenters. The van der Waals surface area contributed by atoms with Crippen molar-refractivity contribution < 1.29 is 9.59 Å². The summed E-state index contributed by atoms with van der Waals surface area (Å²) in [7, 11) is 15.7. The molecule has 0 fully saturated rings. The summed E-state index contributed by atoms with van der Waals surface area (Å²) >= 11 is 0. The van der Waals surface area contributed by atoms with Gasteiger partial charge in [-0.3, -0.25) is 29.2 Å². The van der Waals surface area contributed by atoms with Crippen LogP contribution in [0, 0.1) is 0 Å². The van der Waals surface area contributed by atoms with Gasteiger partial charge in [0.25, 0.3) is 0 Å². The minimum absolute atomic E-state index is 0. The Kier molecular flexibility index (Phi) is 13.6. The molecular formula is C30H50Cl2N8O2. The first-order valence-corrected chi connectivity index (χ1v) is 13.8. The van der Waals surface area contributed by atoms with Gasteiger partial charge in [0.15, 0.2) is 11.6 Å². The highest BCUT2D eigenvalue weighted by molar-refractivity contribution is 6.35. The summed E-state index contributed by atoms with van der Waals surface area (Å²) < 4.78 is 0. The molecule has 0 radical (unpaired) electrons. The maximum atomic E-state index is 14.6. The fourth-order valence-corrected chi connectivity index (χ4v) is 4.30. The molecule has 0 aliphatic heterocycles. The zero-order chi connectivity index (χ0) is 30.0. The number of ketones is 2. The van der Waals surface area contributed by atoms with Crippen LogP contribution in [-0.4, -0.2) is 112 Å². The third-order valence-electron chi connectivity index (χ3n) is 7.87. The number of hydrogen-bond acceptors (Lipinski definition) is 10. The summed E-state index contributed by atoms with van der Waals surface area (Å²) in [6.07, 6.45) is -0.247. The van der Waals surface area contributed by atoms with Crippen LogP contribution in [0.2, 0.25) is 0 Å². The SMILES string of the molecule is CC(Nc1ccc(NC(C)N(C)C)c2c1C(=O)c1c(NC(C)N(C)C)ccc(NC(C)N(C)C)c1C2=O)N(C)C.Cl.Cl. The van der Waals surface area contributed by atoms with Crippen molar-refractivity contribution in [2.24, 2.45) is 0 Å². The van der Waals surface area contributed by atoms with Crippen molar-refractivity contribution in [3.05, 3.63) is 46.5 Å². The number of carbonyl (C=O) groups is 2. The summed E-state index contributed by atoms with van der Waals surface area (Å²) in [6.45, 7) is 8.08. The number of fused-ring (bicyclic) bond motifs is 2. The van der Waals surface area contributed by atoms with Crippen molar-refractivity contribution in [3.8, 4) is 0 Å². The van der Waals surface area contributed by atoms with Crippen molar-refractivity contribution in [3.63, 3.8) is 0 Å². The number of benzene rings is 2. The van der Waals surface area contributed by atoms with E-state index < -0.39 is 0 Å². The molecule has 0 saturated carbocycles. The highest BCUT2D eigenvalue weighted by Crippen LogP contribution is 2.42. The van der Waals surface area contributed by atoms with Gasteiger partial charge < -0.3 is 21.3 Å². The first-order valence-electron chi connectivity index (χ1n) is 13.8. The Morgan fingerprint density at radius 3 is 0.738 bits per heavy atom. The van der Waals surface area contributed by atoms with Crippen LogP contribution in [0.5, 0.6) is 0 Å². The number of carbonyl (C=O) groups excluding carboxylic acids is 2. The van der Waals surface area contributed by atoms with Gasteiger partial charge in [0.1, 0.15) is 0 Å². The second kappa shape index (κ2) is 15.2. The second-order valence-electron chi connectivity index (χ2n) is 11.6. The molecule has 0 amide bonds. The van der Waals surface area contributed by atoms with E-state index in [0.29, 0.717) is 45.0 Å². The summed E-state index contributed by atoms with van der Waals surface area (Å²) in [5, 5.41) is 13.8. The van der Waals surface area contributed by atoms with Crippen LogP contribution < -0.4 is 21.3 Å². The zero-order valence-corrected chi connectivity index (χ0v) is 28.7. The molecule has 2 aromatic carbocycles. The molecule has 4 N–H and O–H groups in total. The molecule has 0 bridgehead atoms. The minimum atomic E-state index is -0.186. The first kappa shape index (κ1) is 37.4. The third kappa shape index (κ3) is 7.86. The largest absolute Gasteiger partial charge is 0.369 e. The predicted molar refractivity (Wildman–Crippen MR) is 181 cm³/mol. The van der Waals surface area contributed by atoms with Gasteiger partial charge in [-0.05, 0) is 108 Å². The number of hydrogen-bond donors (Lipinski definition) is 4. The number of halogens is 2. The predicted octanol–water partition coefficient (Wildman–Crippen LogP) is 4.58. The van der Waals surface area contributed by atoms with Gasteiger partial charge in [-0.2, -0.15) is 0 Å². The van der Waals surface area contributed by atoms with E-state index >= 15 is 0 Å². The molecule has 12 heteroatoms. The van der Waals surface area contributed by atoms with Gasteiger partial charge in [-0.25, -0.2) is 0 Å². The van der Waals surface area contributed by atoms with E-state index in [0.717, 1.165) is 0 Å². The van der Waals surface area contributed by atoms with Gasteiger partial charge in [0.05, 0.1) is 46.9 Å². The Labute approximate surface area is 264 Å². The topological polar surface area (TPSA) is 95.2 Å². The normalized spacial score (nSPS) is 15.3. The van der Waals surface area contributed by atoms with E-state index in [9.17, 15) is 9.59 Å². The molecule has 2 aromatic rings. The lowest BCUT2D eigenvalue weighted by atomic mass is 9.80. The summed E-state index contributed by atoms with van der Waals surface area (Å²) in [4.78, 5) is 37.3. The zero-order valence-electron chi connectivity index (χ0n) is 27.0. The molecule has 0 spiro atoms. The molecule has 0 saturated heterocycles. The summed E-state index contributed by atoms with van der Waals surface area (Å²) in [5.74, 6) is -0.373. The van der Waals surface area contributed by atoms with Gasteiger partial charge in [-0.15, -0.1) is 24.8 Å². The van der Waals surface area contributed by atoms with Crippen molar-refractivity contribution in [1.29, 1.82) is 0 Å². The summed E-state index contributed by atoms with van der Waals surface area (Å²) in [6, 6.07) is 7.58. The Morgan fingerprint density at radius 2 is 0.595 bits per heavy atom. The van der Waals surface area contributed by atoms with E-state index in [-0.39, 0.29) is 61.0 Å². The molecule has 10 nitrogen and oxygen atoms in total. The molecular weight excluding hydrogens is 575 g/mol. The molecule has 1 aliphatic carbocycles. The average Bonchev–Trinajstić information content (AvgIpc) is 2.87. The van der Waals surface area contributed by atoms with E-state index in [1.165, 1.54) is 0 Å². The van der Waals surface area contributed by atoms with Crippen LogP contribution in [0.1, 0.15) is 59.5 Å². The monoisotopic (exact) mass is 624 g/mol. The molecule has 0 aromatic heterocycles. The van der Waals surface area contributed by atoms with Crippen LogP contribution in [-0.2, 0) is 0 Å². The van der Waals surface area contributed by atoms with Crippen LogP contribution in [0.3, 0.4) is 0 Å². The van der Waals surface area contributed by atoms with Gasteiger partial charge in [0.2, 0.25) is 0 Å². The van der Waals surface area contributed by atoms with Crippen LogP contribution in [0.25, 0.3) is 0 Å². The number of nitrogens with one attached hydrogen (secondary N) is 4. The maximum Gasteiger partial charge on any atom is 0.198 e. The number of nitrogens with zero attached hydrogens (tertiary/aromatic N) is 4. The number of anilines is 4. The third-order valence-corrected chi connectivity index (χ3v) is 7.87. The number of rotatable bonds is 12. The molecule has 4 atom stereocenters. The Balaban J connectivity index is 0.00000441. The fraction of sp³-hybridized carbons (Fsp3) is 0.533. The molecule has 236 valence electrons. The van der Waals surface area contributed by atoms with Crippen molar-refractivity contribution in [2.45, 2.75) is 52.4 Å². The van der Waals surface area contributed by atoms with E-state index in [4.69, 9.17) is 0 Å². The van der Waals surface area contributed by atoms with Crippen molar-refractivity contribution in [1.82, 2.24) is 19.6 Å². The average molecular weight is 626 g/mol. The molecule has 1 aliphatic rings. The highest BCUT2D eigenvalue weighted by Gasteiger charge is 2.38. The lowest BCUT2D eigenvalue weighted by molar-refractivity contribution is 0.0981. The smallest absolute Gasteiger partial charge is 0.198 e. The second-order valence-corrected chi connectivity index (χ2v) is 11.6. The lowest BCUT2D eigenvalue weighted by Gasteiger charge is -2.32. The molecule has 42 heavy (non-hydrogen) atoms. The molecule has 0 heterocycles. The minimum Gasteiger partial charge on any atom is -0.369 e. The van der Waals surface area contributed by atoms with Gasteiger partial charge >= 0.3 is 0 Å². The van der Waals surface area contributed by atoms with E-state index in [1.54, 1.807) is 0 Å². The highest BCUT2D eigenvalue weighted by atomic mass is 35.5. The van der Waals surface area contributed by atoms with Gasteiger partial charge in [0, 0.05) is 22.7 Å². The van der Waals surface area contributed by atoms with Crippen LogP contribution >= 0.6 is 24.8 Å². The fourth-order valence-electron chi connectivity index (χ4n) is 4.30.